The molecule has 21 heavy (non-hydrogen) atoms. The summed E-state index contributed by atoms with van der Waals surface area (Å²) in [5.74, 6) is 1.96. The summed E-state index contributed by atoms with van der Waals surface area (Å²) in [7, 11) is 0. The van der Waals surface area contributed by atoms with E-state index in [4.69, 9.17) is 5.73 Å². The SMILES string of the molecule is Cc1cc(N2CCCN(CCCCCN)CC2)nc(C)n1. The second-order valence-electron chi connectivity index (χ2n) is 5.95. The first kappa shape index (κ1) is 16.2. The topological polar surface area (TPSA) is 58.3 Å². The first-order valence-electron chi connectivity index (χ1n) is 8.18. The van der Waals surface area contributed by atoms with Crippen molar-refractivity contribution in [3.8, 4) is 0 Å². The number of hydrogen-bond donors (Lipinski definition) is 1. The summed E-state index contributed by atoms with van der Waals surface area (Å²) in [5.41, 5.74) is 6.60. The Morgan fingerprint density at radius 1 is 1.05 bits per heavy atom. The molecule has 0 spiro atoms. The largest absolute Gasteiger partial charge is 0.355 e. The van der Waals surface area contributed by atoms with Crippen LogP contribution in [0, 0.1) is 13.8 Å². The fraction of sp³-hybridized carbons (Fsp3) is 0.750. The summed E-state index contributed by atoms with van der Waals surface area (Å²) in [6, 6.07) is 2.10. The van der Waals surface area contributed by atoms with Crippen LogP contribution in [0.25, 0.3) is 0 Å². The van der Waals surface area contributed by atoms with Crippen LogP contribution in [0.2, 0.25) is 0 Å². The molecule has 0 aromatic carbocycles. The first-order valence-corrected chi connectivity index (χ1v) is 8.18. The van der Waals surface area contributed by atoms with Crippen molar-refractivity contribution >= 4 is 5.82 Å². The van der Waals surface area contributed by atoms with Gasteiger partial charge >= 0.3 is 0 Å². The molecule has 5 heteroatoms. The zero-order valence-electron chi connectivity index (χ0n) is 13.5. The average Bonchev–Trinajstić information content (AvgIpc) is 2.68. The molecule has 5 nitrogen and oxygen atoms in total. The Morgan fingerprint density at radius 2 is 1.90 bits per heavy atom. The number of aryl methyl sites for hydroxylation is 2. The fourth-order valence-electron chi connectivity index (χ4n) is 2.94. The van der Waals surface area contributed by atoms with Crippen molar-refractivity contribution in [2.45, 2.75) is 39.5 Å². The van der Waals surface area contributed by atoms with Crippen molar-refractivity contribution in [3.63, 3.8) is 0 Å². The van der Waals surface area contributed by atoms with Gasteiger partial charge in [0, 0.05) is 31.4 Å². The number of hydrogen-bond acceptors (Lipinski definition) is 5. The van der Waals surface area contributed by atoms with Gasteiger partial charge in [-0.1, -0.05) is 6.42 Å². The van der Waals surface area contributed by atoms with Gasteiger partial charge in [0.1, 0.15) is 11.6 Å². The van der Waals surface area contributed by atoms with Gasteiger partial charge in [-0.2, -0.15) is 0 Å². The molecule has 2 N–H and O–H groups in total. The normalized spacial score (nSPS) is 17.0. The van der Waals surface area contributed by atoms with Gasteiger partial charge in [-0.3, -0.25) is 0 Å². The Morgan fingerprint density at radius 3 is 2.67 bits per heavy atom. The number of nitrogens with zero attached hydrogens (tertiary/aromatic N) is 4. The molecule has 1 aliphatic rings. The lowest BCUT2D eigenvalue weighted by molar-refractivity contribution is 0.286. The zero-order chi connectivity index (χ0) is 15.1. The molecule has 0 saturated carbocycles. The maximum absolute atomic E-state index is 5.55. The Bertz CT molecular complexity index is 414. The van der Waals surface area contributed by atoms with Crippen LogP contribution in [0.5, 0.6) is 0 Å². The molecule has 0 aliphatic carbocycles. The summed E-state index contributed by atoms with van der Waals surface area (Å²) in [6.45, 7) is 10.5. The molecule has 0 atom stereocenters. The van der Waals surface area contributed by atoms with E-state index in [9.17, 15) is 0 Å². The van der Waals surface area contributed by atoms with E-state index in [2.05, 4.69) is 25.8 Å². The summed E-state index contributed by atoms with van der Waals surface area (Å²) in [6.07, 6.45) is 4.88. The lowest BCUT2D eigenvalue weighted by atomic mass is 10.2. The van der Waals surface area contributed by atoms with E-state index in [1.807, 2.05) is 13.8 Å². The second-order valence-corrected chi connectivity index (χ2v) is 5.95. The number of unbranched alkanes of at least 4 members (excludes halogenated alkanes) is 2. The predicted molar refractivity (Wildman–Crippen MR) is 87.7 cm³/mol. The highest BCUT2D eigenvalue weighted by molar-refractivity contribution is 5.39. The Balaban J connectivity index is 1.85. The summed E-state index contributed by atoms with van der Waals surface area (Å²) >= 11 is 0. The lowest BCUT2D eigenvalue weighted by Crippen LogP contribution is -2.32. The van der Waals surface area contributed by atoms with Crippen molar-refractivity contribution in [1.82, 2.24) is 14.9 Å². The molecule has 0 amide bonds. The van der Waals surface area contributed by atoms with Gasteiger partial charge < -0.3 is 15.5 Å². The fourth-order valence-corrected chi connectivity index (χ4v) is 2.94. The molecule has 1 aromatic heterocycles. The highest BCUT2D eigenvalue weighted by Crippen LogP contribution is 2.15. The van der Waals surface area contributed by atoms with Gasteiger partial charge in [-0.05, 0) is 52.7 Å². The molecule has 0 unspecified atom stereocenters. The third kappa shape index (κ3) is 5.25. The van der Waals surface area contributed by atoms with E-state index >= 15 is 0 Å². The third-order valence-electron chi connectivity index (χ3n) is 4.04. The highest BCUT2D eigenvalue weighted by Gasteiger charge is 2.16. The Kier molecular flexibility index (Phi) is 6.39. The standard InChI is InChI=1S/C16H29N5/c1-14-13-16(19-15(2)18-14)21-10-6-9-20(11-12-21)8-5-3-4-7-17/h13H,3-12,17H2,1-2H3. The summed E-state index contributed by atoms with van der Waals surface area (Å²) in [4.78, 5) is 13.9. The van der Waals surface area contributed by atoms with Crippen LogP contribution in [-0.2, 0) is 0 Å². The molecular formula is C16H29N5. The van der Waals surface area contributed by atoms with Crippen LogP contribution >= 0.6 is 0 Å². The highest BCUT2D eigenvalue weighted by atomic mass is 15.2. The van der Waals surface area contributed by atoms with Crippen LogP contribution < -0.4 is 10.6 Å². The molecular weight excluding hydrogens is 262 g/mol. The van der Waals surface area contributed by atoms with Crippen molar-refractivity contribution in [2.24, 2.45) is 5.73 Å². The molecule has 0 radical (unpaired) electrons. The van der Waals surface area contributed by atoms with E-state index in [1.54, 1.807) is 0 Å². The smallest absolute Gasteiger partial charge is 0.132 e. The van der Waals surface area contributed by atoms with E-state index < -0.39 is 0 Å². The van der Waals surface area contributed by atoms with E-state index in [0.717, 1.165) is 49.9 Å². The quantitative estimate of drug-likeness (QED) is 0.809. The maximum atomic E-state index is 5.55. The van der Waals surface area contributed by atoms with Gasteiger partial charge in [0.05, 0.1) is 0 Å². The predicted octanol–water partition coefficient (Wildman–Crippen LogP) is 1.73. The van der Waals surface area contributed by atoms with Gasteiger partial charge in [0.2, 0.25) is 0 Å². The Hall–Kier alpha value is -1.20. The molecule has 2 rings (SSSR count). The Labute approximate surface area is 128 Å². The summed E-state index contributed by atoms with van der Waals surface area (Å²) in [5, 5.41) is 0. The minimum atomic E-state index is 0.820. The van der Waals surface area contributed by atoms with Crippen LogP contribution in [0.1, 0.15) is 37.2 Å². The maximum Gasteiger partial charge on any atom is 0.132 e. The van der Waals surface area contributed by atoms with Crippen molar-refractivity contribution < 1.29 is 0 Å². The van der Waals surface area contributed by atoms with Crippen molar-refractivity contribution in [3.05, 3.63) is 17.6 Å². The van der Waals surface area contributed by atoms with Gasteiger partial charge in [0.25, 0.3) is 0 Å². The van der Waals surface area contributed by atoms with E-state index in [-0.39, 0.29) is 0 Å². The van der Waals surface area contributed by atoms with Crippen molar-refractivity contribution in [2.75, 3.05) is 44.2 Å². The minimum absolute atomic E-state index is 0.820. The average molecular weight is 291 g/mol. The van der Waals surface area contributed by atoms with Crippen LogP contribution in [0.3, 0.4) is 0 Å². The van der Waals surface area contributed by atoms with Gasteiger partial charge in [-0.15, -0.1) is 0 Å². The minimum Gasteiger partial charge on any atom is -0.355 e. The third-order valence-corrected chi connectivity index (χ3v) is 4.04. The number of nitrogens with two attached hydrogens (primary N) is 1. The molecule has 0 bridgehead atoms. The number of anilines is 1. The van der Waals surface area contributed by atoms with Crippen LogP contribution in [-0.4, -0.2) is 54.1 Å². The number of rotatable bonds is 6. The second kappa shape index (κ2) is 8.29. The lowest BCUT2D eigenvalue weighted by Gasteiger charge is -2.23. The molecule has 118 valence electrons. The van der Waals surface area contributed by atoms with Gasteiger partial charge in [-0.25, -0.2) is 9.97 Å². The van der Waals surface area contributed by atoms with Gasteiger partial charge in [0.15, 0.2) is 0 Å². The molecule has 1 saturated heterocycles. The zero-order valence-corrected chi connectivity index (χ0v) is 13.5. The van der Waals surface area contributed by atoms with Crippen LogP contribution in [0.4, 0.5) is 5.82 Å². The van der Waals surface area contributed by atoms with Crippen LogP contribution in [0.15, 0.2) is 6.07 Å². The first-order chi connectivity index (χ1) is 10.2. The number of aromatic nitrogens is 2. The molecule has 1 aliphatic heterocycles. The molecule has 2 heterocycles. The van der Waals surface area contributed by atoms with Crippen molar-refractivity contribution in [1.29, 1.82) is 0 Å². The van der Waals surface area contributed by atoms with E-state index in [1.165, 1.54) is 32.4 Å². The van der Waals surface area contributed by atoms with E-state index in [0.29, 0.717) is 0 Å². The monoisotopic (exact) mass is 291 g/mol. The molecule has 1 aromatic rings. The molecule has 1 fully saturated rings. The summed E-state index contributed by atoms with van der Waals surface area (Å²) < 4.78 is 0.